The molecular weight excluding hydrogens is 340 g/mol. The van der Waals surface area contributed by atoms with Gasteiger partial charge < -0.3 is 4.90 Å². The van der Waals surface area contributed by atoms with E-state index >= 15 is 0 Å². The molecule has 2 aliphatic rings. The maximum atomic E-state index is 12.3. The molecule has 0 bridgehead atoms. The van der Waals surface area contributed by atoms with Crippen molar-refractivity contribution in [2.24, 2.45) is 7.05 Å². The molecule has 0 saturated carbocycles. The molecule has 7 heteroatoms. The highest BCUT2D eigenvalue weighted by Gasteiger charge is 2.25. The van der Waals surface area contributed by atoms with Gasteiger partial charge in [-0.25, -0.2) is 4.98 Å². The lowest BCUT2D eigenvalue weighted by Crippen LogP contribution is -2.36. The average Bonchev–Trinajstić information content (AvgIpc) is 2.99. The molecule has 2 fully saturated rings. The van der Waals surface area contributed by atoms with Crippen LogP contribution in [-0.2, 0) is 13.6 Å². The van der Waals surface area contributed by atoms with E-state index in [0.29, 0.717) is 5.92 Å². The lowest BCUT2D eigenvalue weighted by atomic mass is 9.94. The Morgan fingerprint density at radius 3 is 2.74 bits per heavy atom. The van der Waals surface area contributed by atoms with Gasteiger partial charge in [-0.3, -0.25) is 19.4 Å². The molecule has 4 rings (SSSR count). The number of H-pyrrole nitrogens is 1. The lowest BCUT2D eigenvalue weighted by molar-refractivity contribution is 0.198. The zero-order chi connectivity index (χ0) is 18.8. The van der Waals surface area contributed by atoms with E-state index in [1.807, 2.05) is 11.7 Å². The van der Waals surface area contributed by atoms with E-state index < -0.39 is 0 Å². The van der Waals surface area contributed by atoms with E-state index in [4.69, 9.17) is 4.98 Å². The average molecular weight is 371 g/mol. The zero-order valence-corrected chi connectivity index (χ0v) is 16.4. The van der Waals surface area contributed by atoms with Crippen LogP contribution < -0.4 is 10.5 Å². The number of aromatic nitrogens is 4. The molecule has 1 unspecified atom stereocenters. The van der Waals surface area contributed by atoms with Crippen molar-refractivity contribution in [2.45, 2.75) is 51.5 Å². The second-order valence-corrected chi connectivity index (χ2v) is 8.03. The van der Waals surface area contributed by atoms with Gasteiger partial charge in [-0.2, -0.15) is 5.10 Å². The number of aryl methyl sites for hydroxylation is 2. The first-order valence-corrected chi connectivity index (χ1v) is 10.2. The third-order valence-corrected chi connectivity index (χ3v) is 5.84. The molecule has 1 N–H and O–H groups in total. The van der Waals surface area contributed by atoms with Crippen molar-refractivity contribution in [1.82, 2.24) is 24.6 Å². The summed E-state index contributed by atoms with van der Waals surface area (Å²) >= 11 is 0. The topological polar surface area (TPSA) is 70.1 Å². The van der Waals surface area contributed by atoms with Gasteiger partial charge in [-0.05, 0) is 45.6 Å². The molecule has 2 aliphatic heterocycles. The molecular formula is C20H30N6O. The Labute approximate surface area is 160 Å². The highest BCUT2D eigenvalue weighted by molar-refractivity contribution is 5.31. The minimum atomic E-state index is -0.0270. The maximum Gasteiger partial charge on any atom is 0.252 e. The van der Waals surface area contributed by atoms with Gasteiger partial charge in [0.1, 0.15) is 0 Å². The number of anilines is 1. The summed E-state index contributed by atoms with van der Waals surface area (Å²) < 4.78 is 1.88. The number of hydrogen-bond acceptors (Lipinski definition) is 5. The monoisotopic (exact) mass is 370 g/mol. The Morgan fingerprint density at radius 2 is 2.00 bits per heavy atom. The van der Waals surface area contributed by atoms with Gasteiger partial charge in [0, 0.05) is 57.0 Å². The number of rotatable bonds is 4. The van der Waals surface area contributed by atoms with Gasteiger partial charge in [0.15, 0.2) is 0 Å². The summed E-state index contributed by atoms with van der Waals surface area (Å²) in [6.45, 7) is 7.00. The Hall–Kier alpha value is -2.15. The number of aromatic amines is 1. The first-order valence-electron chi connectivity index (χ1n) is 10.2. The number of likely N-dealkylation sites (tertiary alicyclic amines) is 1. The highest BCUT2D eigenvalue weighted by Crippen LogP contribution is 2.27. The normalized spacial score (nSPS) is 21.6. The maximum absolute atomic E-state index is 12.3. The predicted molar refractivity (Wildman–Crippen MR) is 106 cm³/mol. The SMILES string of the molecule is Cc1nn(C)cc1CN1CCCC(c2cc(=O)[nH]c(N3CCCCC3)n2)C1. The van der Waals surface area contributed by atoms with Gasteiger partial charge >= 0.3 is 0 Å². The van der Waals surface area contributed by atoms with Crippen molar-refractivity contribution in [3.05, 3.63) is 39.6 Å². The van der Waals surface area contributed by atoms with Crippen molar-refractivity contribution < 1.29 is 0 Å². The minimum Gasteiger partial charge on any atom is -0.342 e. The fraction of sp³-hybridized carbons (Fsp3) is 0.650. The number of hydrogen-bond donors (Lipinski definition) is 1. The second-order valence-electron chi connectivity index (χ2n) is 8.03. The van der Waals surface area contributed by atoms with Crippen molar-refractivity contribution in [3.63, 3.8) is 0 Å². The van der Waals surface area contributed by atoms with Crippen LogP contribution in [0, 0.1) is 6.92 Å². The lowest BCUT2D eigenvalue weighted by Gasteiger charge is -2.33. The number of nitrogens with one attached hydrogen (secondary N) is 1. The van der Waals surface area contributed by atoms with E-state index in [1.165, 1.54) is 24.8 Å². The van der Waals surface area contributed by atoms with E-state index in [-0.39, 0.29) is 5.56 Å². The van der Waals surface area contributed by atoms with Gasteiger partial charge in [0.2, 0.25) is 5.95 Å². The third kappa shape index (κ3) is 4.24. The first kappa shape index (κ1) is 18.2. The summed E-state index contributed by atoms with van der Waals surface area (Å²) in [4.78, 5) is 24.8. The standard InChI is InChI=1S/C20H30N6O/c1-15-17(12-24(2)23-15)14-25-8-6-7-16(13-25)18-11-19(27)22-20(21-18)26-9-4-3-5-10-26/h11-12,16H,3-10,13-14H2,1-2H3,(H,21,22,27). The molecule has 0 amide bonds. The van der Waals surface area contributed by atoms with E-state index in [2.05, 4.69) is 33.0 Å². The molecule has 0 radical (unpaired) electrons. The molecule has 7 nitrogen and oxygen atoms in total. The van der Waals surface area contributed by atoms with Gasteiger partial charge in [0.25, 0.3) is 5.56 Å². The second kappa shape index (κ2) is 7.84. The molecule has 146 valence electrons. The summed E-state index contributed by atoms with van der Waals surface area (Å²) in [5.41, 5.74) is 3.31. The fourth-order valence-electron chi connectivity index (χ4n) is 4.41. The van der Waals surface area contributed by atoms with Crippen LogP contribution >= 0.6 is 0 Å². The quantitative estimate of drug-likeness (QED) is 0.893. The molecule has 0 spiro atoms. The molecule has 0 aliphatic carbocycles. The highest BCUT2D eigenvalue weighted by atomic mass is 16.1. The smallest absolute Gasteiger partial charge is 0.252 e. The Kier molecular flexibility index (Phi) is 5.29. The van der Waals surface area contributed by atoms with Crippen molar-refractivity contribution in [1.29, 1.82) is 0 Å². The molecule has 4 heterocycles. The van der Waals surface area contributed by atoms with Gasteiger partial charge in [-0.1, -0.05) is 0 Å². The molecule has 2 saturated heterocycles. The van der Waals surface area contributed by atoms with Crippen LogP contribution in [0.3, 0.4) is 0 Å². The molecule has 0 aromatic carbocycles. The number of piperidine rings is 2. The summed E-state index contributed by atoms with van der Waals surface area (Å²) in [5.74, 6) is 1.08. The van der Waals surface area contributed by atoms with Crippen molar-refractivity contribution in [2.75, 3.05) is 31.1 Å². The van der Waals surface area contributed by atoms with Crippen LogP contribution in [0.1, 0.15) is 55.0 Å². The Morgan fingerprint density at radius 1 is 1.19 bits per heavy atom. The van der Waals surface area contributed by atoms with Gasteiger partial charge in [0.05, 0.1) is 11.4 Å². The van der Waals surface area contributed by atoms with Gasteiger partial charge in [-0.15, -0.1) is 0 Å². The molecule has 27 heavy (non-hydrogen) atoms. The summed E-state index contributed by atoms with van der Waals surface area (Å²) in [5, 5.41) is 4.46. The van der Waals surface area contributed by atoms with Crippen LogP contribution in [0.4, 0.5) is 5.95 Å². The largest absolute Gasteiger partial charge is 0.342 e. The molecule has 1 atom stereocenters. The predicted octanol–water partition coefficient (Wildman–Crippen LogP) is 2.18. The van der Waals surface area contributed by atoms with E-state index in [1.54, 1.807) is 6.07 Å². The van der Waals surface area contributed by atoms with E-state index in [9.17, 15) is 4.79 Å². The summed E-state index contributed by atoms with van der Waals surface area (Å²) in [7, 11) is 1.97. The summed E-state index contributed by atoms with van der Waals surface area (Å²) in [6, 6.07) is 1.71. The first-order chi connectivity index (χ1) is 13.1. The van der Waals surface area contributed by atoms with Crippen LogP contribution in [0.15, 0.2) is 17.1 Å². The van der Waals surface area contributed by atoms with E-state index in [0.717, 1.165) is 62.9 Å². The molecule has 2 aromatic heterocycles. The van der Waals surface area contributed by atoms with Crippen molar-refractivity contribution in [3.8, 4) is 0 Å². The van der Waals surface area contributed by atoms with Crippen LogP contribution in [0.2, 0.25) is 0 Å². The fourth-order valence-corrected chi connectivity index (χ4v) is 4.41. The van der Waals surface area contributed by atoms with Crippen LogP contribution in [-0.4, -0.2) is 50.8 Å². The Balaban J connectivity index is 1.49. The summed E-state index contributed by atoms with van der Waals surface area (Å²) in [6.07, 6.45) is 7.96. The third-order valence-electron chi connectivity index (χ3n) is 5.84. The number of nitrogens with zero attached hydrogens (tertiary/aromatic N) is 5. The molecule has 2 aromatic rings. The zero-order valence-electron chi connectivity index (χ0n) is 16.4. The van der Waals surface area contributed by atoms with Crippen LogP contribution in [0.25, 0.3) is 0 Å². The van der Waals surface area contributed by atoms with Crippen molar-refractivity contribution >= 4 is 5.95 Å². The Bertz CT molecular complexity index is 835. The van der Waals surface area contributed by atoms with Crippen LogP contribution in [0.5, 0.6) is 0 Å². The minimum absolute atomic E-state index is 0.0270.